The summed E-state index contributed by atoms with van der Waals surface area (Å²) in [5.74, 6) is -0.594. The van der Waals surface area contributed by atoms with Crippen LogP contribution in [-0.2, 0) is 23.8 Å². The Morgan fingerprint density at radius 1 is 0.500 bits per heavy atom. The highest BCUT2D eigenvalue weighted by molar-refractivity contribution is 5.70. The van der Waals surface area contributed by atoms with E-state index >= 15 is 0 Å². The predicted octanol–water partition coefficient (Wildman–Crippen LogP) is 12.8. The molecule has 0 aromatic heterocycles. The summed E-state index contributed by atoms with van der Waals surface area (Å²) in [6.45, 7) is 10.1. The molecule has 0 saturated carbocycles. The first-order valence-corrected chi connectivity index (χ1v) is 23.4. The highest BCUT2D eigenvalue weighted by Crippen LogP contribution is 2.16. The fourth-order valence-corrected chi connectivity index (χ4v) is 7.29. The van der Waals surface area contributed by atoms with E-state index in [9.17, 15) is 14.4 Å². The molecule has 0 aliphatic carbocycles. The van der Waals surface area contributed by atoms with Crippen LogP contribution in [0.25, 0.3) is 0 Å². The second-order valence-corrected chi connectivity index (χ2v) is 16.7. The van der Waals surface area contributed by atoms with Crippen molar-refractivity contribution in [1.29, 1.82) is 0 Å². The second kappa shape index (κ2) is 36.8. The third-order valence-electron chi connectivity index (χ3n) is 11.1. The number of likely N-dealkylation sites (tertiary alicyclic amines) is 1. The van der Waals surface area contributed by atoms with Crippen LogP contribution in [0.1, 0.15) is 233 Å². The normalized spacial score (nSPS) is 13.4. The van der Waals surface area contributed by atoms with Crippen molar-refractivity contribution in [3.8, 4) is 0 Å². The number of unbranched alkanes of at least 4 members (excludes halogenated alkanes) is 28. The molecule has 8 heteroatoms. The van der Waals surface area contributed by atoms with E-state index in [1.807, 2.05) is 0 Å². The molecule has 1 fully saturated rings. The van der Waals surface area contributed by atoms with Crippen LogP contribution in [0.5, 0.6) is 0 Å². The van der Waals surface area contributed by atoms with Gasteiger partial charge >= 0.3 is 18.0 Å². The lowest BCUT2D eigenvalue weighted by Crippen LogP contribution is -2.61. The van der Waals surface area contributed by atoms with Crippen LogP contribution >= 0.6 is 0 Å². The zero-order valence-electron chi connectivity index (χ0n) is 36.1. The molecule has 0 aromatic carbocycles. The summed E-state index contributed by atoms with van der Waals surface area (Å²) < 4.78 is 16.6. The summed E-state index contributed by atoms with van der Waals surface area (Å²) in [6, 6.07) is 0.459. The van der Waals surface area contributed by atoms with Gasteiger partial charge in [0, 0.05) is 32.0 Å². The van der Waals surface area contributed by atoms with Crippen molar-refractivity contribution >= 4 is 18.0 Å². The van der Waals surface area contributed by atoms with Gasteiger partial charge in [-0.05, 0) is 26.7 Å². The van der Waals surface area contributed by atoms with Gasteiger partial charge in [0.2, 0.25) is 0 Å². The maximum absolute atomic E-state index is 12.6. The fourth-order valence-electron chi connectivity index (χ4n) is 7.29. The van der Waals surface area contributed by atoms with Crippen molar-refractivity contribution in [2.24, 2.45) is 0 Å². The number of carbonyl (C=O) groups excluding carboxylic acids is 3. The van der Waals surface area contributed by atoms with E-state index in [2.05, 4.69) is 37.9 Å². The molecule has 1 rings (SSSR count). The molecule has 0 aromatic rings. The van der Waals surface area contributed by atoms with Gasteiger partial charge in [-0.1, -0.05) is 194 Å². The van der Waals surface area contributed by atoms with Gasteiger partial charge in [0.1, 0.15) is 13.2 Å². The number of rotatable bonds is 39. The highest BCUT2D eigenvalue weighted by atomic mass is 16.6. The van der Waals surface area contributed by atoms with E-state index in [4.69, 9.17) is 14.2 Å². The summed E-state index contributed by atoms with van der Waals surface area (Å²) in [6.07, 6.45) is 37.6. The average molecular weight is 765 g/mol. The minimum absolute atomic E-state index is 0.0286. The topological polar surface area (TPSA) is 94.2 Å². The monoisotopic (exact) mass is 765 g/mol. The molecule has 1 aliphatic heterocycles. The third-order valence-corrected chi connectivity index (χ3v) is 11.1. The number of amides is 1. The summed E-state index contributed by atoms with van der Waals surface area (Å²) in [5.41, 5.74) is 0. The molecule has 1 amide bonds. The lowest BCUT2D eigenvalue weighted by molar-refractivity contribution is -0.152. The Morgan fingerprint density at radius 2 is 0.796 bits per heavy atom. The van der Waals surface area contributed by atoms with Gasteiger partial charge < -0.3 is 19.5 Å². The number of nitrogens with zero attached hydrogens (tertiary/aromatic N) is 1. The first kappa shape index (κ1) is 50.2. The van der Waals surface area contributed by atoms with Gasteiger partial charge in [-0.3, -0.25) is 14.5 Å². The number of hydrogen-bond acceptors (Lipinski definition) is 7. The van der Waals surface area contributed by atoms with E-state index in [0.717, 1.165) is 51.6 Å². The fraction of sp³-hybridized carbons (Fsp3) is 0.935. The zero-order chi connectivity index (χ0) is 39.3. The van der Waals surface area contributed by atoms with Crippen molar-refractivity contribution < 1.29 is 28.6 Å². The van der Waals surface area contributed by atoms with Crippen molar-refractivity contribution in [3.05, 3.63) is 0 Å². The molecule has 0 bridgehead atoms. The summed E-state index contributed by atoms with van der Waals surface area (Å²) in [4.78, 5) is 39.9. The summed E-state index contributed by atoms with van der Waals surface area (Å²) in [7, 11) is 0. The lowest BCUT2D eigenvalue weighted by Gasteiger charge is -2.42. The SMILES string of the molecule is CCCCCCCCCCCCCCCCCC(=O)OCC(COC(=O)CCCCCCCCCCCCCCCCC)OC(=O)NC1CN(C(C)C)C1. The van der Waals surface area contributed by atoms with Gasteiger partial charge in [-0.2, -0.15) is 0 Å². The van der Waals surface area contributed by atoms with E-state index in [1.165, 1.54) is 154 Å². The molecule has 0 radical (unpaired) electrons. The Balaban J connectivity index is 2.18. The smallest absolute Gasteiger partial charge is 0.407 e. The molecule has 1 aliphatic rings. The summed E-state index contributed by atoms with van der Waals surface area (Å²) in [5, 5.41) is 2.89. The maximum atomic E-state index is 12.6. The number of alkyl carbamates (subject to hydrolysis) is 1. The molecule has 318 valence electrons. The number of nitrogens with one attached hydrogen (secondary N) is 1. The van der Waals surface area contributed by atoms with E-state index in [0.29, 0.717) is 18.9 Å². The van der Waals surface area contributed by atoms with E-state index in [-0.39, 0.29) is 31.2 Å². The van der Waals surface area contributed by atoms with Crippen LogP contribution in [0.4, 0.5) is 4.79 Å². The predicted molar refractivity (Wildman–Crippen MR) is 225 cm³/mol. The molecular formula is C46H88N2O6. The minimum Gasteiger partial charge on any atom is -0.462 e. The van der Waals surface area contributed by atoms with Crippen molar-refractivity contribution in [3.63, 3.8) is 0 Å². The maximum Gasteiger partial charge on any atom is 0.407 e. The Morgan fingerprint density at radius 3 is 1.09 bits per heavy atom. The molecule has 0 atom stereocenters. The van der Waals surface area contributed by atoms with Crippen LogP contribution in [0.15, 0.2) is 0 Å². The van der Waals surface area contributed by atoms with E-state index < -0.39 is 12.2 Å². The zero-order valence-corrected chi connectivity index (χ0v) is 36.1. The van der Waals surface area contributed by atoms with Crippen molar-refractivity contribution in [2.45, 2.75) is 251 Å². The largest absolute Gasteiger partial charge is 0.462 e. The Kier molecular flexibility index (Phi) is 34.2. The third kappa shape index (κ3) is 31.4. The molecule has 0 spiro atoms. The van der Waals surface area contributed by atoms with Gasteiger partial charge in [0.05, 0.1) is 6.04 Å². The van der Waals surface area contributed by atoms with Crippen LogP contribution in [0, 0.1) is 0 Å². The molecule has 54 heavy (non-hydrogen) atoms. The molecular weight excluding hydrogens is 677 g/mol. The highest BCUT2D eigenvalue weighted by Gasteiger charge is 2.31. The Labute approximate surface area is 333 Å². The van der Waals surface area contributed by atoms with Crippen molar-refractivity contribution in [2.75, 3.05) is 26.3 Å². The van der Waals surface area contributed by atoms with Crippen molar-refractivity contribution in [1.82, 2.24) is 10.2 Å². The quantitative estimate of drug-likeness (QED) is 0.0378. The van der Waals surface area contributed by atoms with Gasteiger partial charge in [-0.25, -0.2) is 4.79 Å². The number of carbonyl (C=O) groups is 3. The molecule has 1 saturated heterocycles. The Bertz CT molecular complexity index is 827. The van der Waals surface area contributed by atoms with Crippen LogP contribution < -0.4 is 5.32 Å². The number of hydrogen-bond donors (Lipinski definition) is 1. The van der Waals surface area contributed by atoms with Gasteiger partial charge in [-0.15, -0.1) is 0 Å². The first-order valence-electron chi connectivity index (χ1n) is 23.4. The van der Waals surface area contributed by atoms with Gasteiger partial charge in [0.25, 0.3) is 0 Å². The molecule has 0 unspecified atom stereocenters. The Hall–Kier alpha value is -1.83. The van der Waals surface area contributed by atoms with Crippen LogP contribution in [0.2, 0.25) is 0 Å². The van der Waals surface area contributed by atoms with Crippen LogP contribution in [0.3, 0.4) is 0 Å². The summed E-state index contributed by atoms with van der Waals surface area (Å²) >= 11 is 0. The minimum atomic E-state index is -0.832. The van der Waals surface area contributed by atoms with Crippen LogP contribution in [-0.4, -0.2) is 67.4 Å². The standard InChI is InChI=1S/C46H88N2O6/c1-5-7-9-11-13-15-17-19-21-23-25-27-29-31-33-35-44(49)52-39-43(54-46(51)47-42-37-48(38-42)41(3)4)40-53-45(50)36-34-32-30-28-26-24-22-20-18-16-14-12-10-8-6-2/h41-43H,5-40H2,1-4H3,(H,47,51). The van der Waals surface area contributed by atoms with E-state index in [1.54, 1.807) is 0 Å². The lowest BCUT2D eigenvalue weighted by atomic mass is 10.0. The average Bonchev–Trinajstić information content (AvgIpc) is 3.13. The second-order valence-electron chi connectivity index (χ2n) is 16.7. The first-order chi connectivity index (χ1) is 26.3. The number of ether oxygens (including phenoxy) is 3. The molecule has 1 N–H and O–H groups in total. The van der Waals surface area contributed by atoms with Gasteiger partial charge in [0.15, 0.2) is 6.10 Å². The molecule has 8 nitrogen and oxygen atoms in total. The number of esters is 2. The molecule has 1 heterocycles.